The molecule has 0 fully saturated rings. The zero-order chi connectivity index (χ0) is 13.2. The Labute approximate surface area is 107 Å². The number of hydrogen-bond acceptors (Lipinski definition) is 5. The number of hydrogen-bond donors (Lipinski definition) is 1. The molecule has 0 aliphatic heterocycles. The van der Waals surface area contributed by atoms with Crippen LogP contribution in [0.25, 0.3) is 5.65 Å². The summed E-state index contributed by atoms with van der Waals surface area (Å²) in [7, 11) is 0. The standard InChI is InChI=1S/C12H9N5O2/c18-17(19)10-6-4-9(5-7-10)13-12-15-14-11-3-1-2-8-16(11)12/h1-8H,(H,13,15). The lowest BCUT2D eigenvalue weighted by Crippen LogP contribution is -1.96. The lowest BCUT2D eigenvalue weighted by molar-refractivity contribution is -0.384. The van der Waals surface area contributed by atoms with E-state index in [4.69, 9.17) is 0 Å². The van der Waals surface area contributed by atoms with Crippen molar-refractivity contribution in [2.45, 2.75) is 0 Å². The van der Waals surface area contributed by atoms with Gasteiger partial charge in [0.25, 0.3) is 5.69 Å². The van der Waals surface area contributed by atoms with E-state index in [9.17, 15) is 10.1 Å². The molecule has 94 valence electrons. The number of nitrogens with one attached hydrogen (secondary N) is 1. The molecule has 7 nitrogen and oxygen atoms in total. The summed E-state index contributed by atoms with van der Waals surface area (Å²) in [4.78, 5) is 10.1. The predicted molar refractivity (Wildman–Crippen MR) is 69.4 cm³/mol. The van der Waals surface area contributed by atoms with Gasteiger partial charge in [-0.25, -0.2) is 0 Å². The topological polar surface area (TPSA) is 85.4 Å². The molecule has 0 saturated heterocycles. The number of pyridine rings is 1. The van der Waals surface area contributed by atoms with Crippen molar-refractivity contribution in [3.05, 3.63) is 58.8 Å². The maximum absolute atomic E-state index is 10.6. The zero-order valence-corrected chi connectivity index (χ0v) is 9.72. The summed E-state index contributed by atoms with van der Waals surface area (Å²) in [6.07, 6.45) is 1.84. The first-order valence-corrected chi connectivity index (χ1v) is 5.55. The Balaban J connectivity index is 1.90. The van der Waals surface area contributed by atoms with E-state index in [0.717, 1.165) is 5.65 Å². The van der Waals surface area contributed by atoms with Gasteiger partial charge >= 0.3 is 0 Å². The van der Waals surface area contributed by atoms with Gasteiger partial charge in [-0.3, -0.25) is 14.5 Å². The SMILES string of the molecule is O=[N+]([O-])c1ccc(Nc2nnc3ccccn23)cc1. The van der Waals surface area contributed by atoms with Crippen molar-refractivity contribution in [3.8, 4) is 0 Å². The van der Waals surface area contributed by atoms with Gasteiger partial charge in [-0.05, 0) is 24.3 Å². The van der Waals surface area contributed by atoms with E-state index >= 15 is 0 Å². The molecule has 1 aromatic carbocycles. The third-order valence-corrected chi connectivity index (χ3v) is 2.65. The van der Waals surface area contributed by atoms with E-state index in [1.54, 1.807) is 16.5 Å². The fourth-order valence-electron chi connectivity index (χ4n) is 1.72. The molecular formula is C12H9N5O2. The Hall–Kier alpha value is -2.96. The molecule has 0 aliphatic carbocycles. The fourth-order valence-corrected chi connectivity index (χ4v) is 1.72. The van der Waals surface area contributed by atoms with Crippen LogP contribution in [0.4, 0.5) is 17.3 Å². The summed E-state index contributed by atoms with van der Waals surface area (Å²) in [5.74, 6) is 0.560. The maximum Gasteiger partial charge on any atom is 0.269 e. The normalized spacial score (nSPS) is 10.5. The summed E-state index contributed by atoms with van der Waals surface area (Å²) < 4.78 is 1.79. The van der Waals surface area contributed by atoms with Gasteiger partial charge in [0.1, 0.15) is 0 Å². The molecule has 3 rings (SSSR count). The highest BCUT2D eigenvalue weighted by Crippen LogP contribution is 2.19. The molecule has 3 aromatic rings. The van der Waals surface area contributed by atoms with E-state index in [1.165, 1.54) is 12.1 Å². The van der Waals surface area contributed by atoms with Gasteiger partial charge in [0, 0.05) is 24.0 Å². The Kier molecular flexibility index (Phi) is 2.57. The second kappa shape index (κ2) is 4.37. The van der Waals surface area contributed by atoms with E-state index < -0.39 is 4.92 Å². The average Bonchev–Trinajstić information content (AvgIpc) is 2.83. The molecule has 7 heteroatoms. The fraction of sp³-hybridized carbons (Fsp3) is 0. The molecule has 2 heterocycles. The number of anilines is 2. The highest BCUT2D eigenvalue weighted by Gasteiger charge is 2.07. The summed E-state index contributed by atoms with van der Waals surface area (Å²) >= 11 is 0. The smallest absolute Gasteiger partial charge is 0.269 e. The number of nitrogens with zero attached hydrogens (tertiary/aromatic N) is 4. The van der Waals surface area contributed by atoms with Crippen LogP contribution in [0.3, 0.4) is 0 Å². The molecule has 0 radical (unpaired) electrons. The van der Waals surface area contributed by atoms with Gasteiger partial charge in [0.15, 0.2) is 5.65 Å². The van der Waals surface area contributed by atoms with Crippen molar-refractivity contribution in [2.75, 3.05) is 5.32 Å². The molecule has 2 aromatic heterocycles. The zero-order valence-electron chi connectivity index (χ0n) is 9.72. The molecule has 0 amide bonds. The summed E-state index contributed by atoms with van der Waals surface area (Å²) in [5.41, 5.74) is 1.49. The van der Waals surface area contributed by atoms with Crippen LogP contribution in [0.2, 0.25) is 0 Å². The molecule has 19 heavy (non-hydrogen) atoms. The summed E-state index contributed by atoms with van der Waals surface area (Å²) in [5, 5.41) is 21.6. The molecular weight excluding hydrogens is 246 g/mol. The molecule has 1 N–H and O–H groups in total. The quantitative estimate of drug-likeness (QED) is 0.573. The third kappa shape index (κ3) is 2.08. The van der Waals surface area contributed by atoms with Crippen molar-refractivity contribution in [3.63, 3.8) is 0 Å². The molecule has 0 saturated carbocycles. The minimum absolute atomic E-state index is 0.0525. The van der Waals surface area contributed by atoms with Gasteiger partial charge in [-0.15, -0.1) is 10.2 Å². The number of non-ortho nitro benzene ring substituents is 1. The van der Waals surface area contributed by atoms with Crippen LogP contribution < -0.4 is 5.32 Å². The Morgan fingerprint density at radius 2 is 1.89 bits per heavy atom. The second-order valence-electron chi connectivity index (χ2n) is 3.88. The van der Waals surface area contributed by atoms with Crippen LogP contribution in [-0.4, -0.2) is 19.5 Å². The Bertz CT molecular complexity index is 735. The van der Waals surface area contributed by atoms with Gasteiger partial charge in [0.2, 0.25) is 5.95 Å². The van der Waals surface area contributed by atoms with Gasteiger partial charge in [-0.1, -0.05) is 6.07 Å². The average molecular weight is 255 g/mol. The summed E-state index contributed by atoms with van der Waals surface area (Å²) in [6.45, 7) is 0. The lowest BCUT2D eigenvalue weighted by atomic mass is 10.3. The van der Waals surface area contributed by atoms with E-state index in [0.29, 0.717) is 11.6 Å². The second-order valence-corrected chi connectivity index (χ2v) is 3.88. The van der Waals surface area contributed by atoms with Crippen molar-refractivity contribution in [1.29, 1.82) is 0 Å². The Morgan fingerprint density at radius 1 is 1.11 bits per heavy atom. The van der Waals surface area contributed by atoms with Gasteiger partial charge in [0.05, 0.1) is 4.92 Å². The highest BCUT2D eigenvalue weighted by atomic mass is 16.6. The largest absolute Gasteiger partial charge is 0.324 e. The monoisotopic (exact) mass is 255 g/mol. The molecule has 0 atom stereocenters. The van der Waals surface area contributed by atoms with Crippen molar-refractivity contribution in [1.82, 2.24) is 14.6 Å². The first kappa shape index (κ1) is 11.1. The first-order valence-electron chi connectivity index (χ1n) is 5.55. The molecule has 0 unspecified atom stereocenters. The van der Waals surface area contributed by atoms with Crippen LogP contribution >= 0.6 is 0 Å². The number of benzene rings is 1. The van der Waals surface area contributed by atoms with E-state index in [-0.39, 0.29) is 5.69 Å². The molecule has 0 spiro atoms. The van der Waals surface area contributed by atoms with Crippen LogP contribution in [-0.2, 0) is 0 Å². The highest BCUT2D eigenvalue weighted by molar-refractivity contribution is 5.58. The minimum Gasteiger partial charge on any atom is -0.324 e. The third-order valence-electron chi connectivity index (χ3n) is 2.65. The van der Waals surface area contributed by atoms with Crippen molar-refractivity contribution in [2.24, 2.45) is 0 Å². The maximum atomic E-state index is 10.6. The van der Waals surface area contributed by atoms with Gasteiger partial charge in [-0.2, -0.15) is 0 Å². The minimum atomic E-state index is -0.434. The molecule has 0 aliphatic rings. The first-order chi connectivity index (χ1) is 9.24. The van der Waals surface area contributed by atoms with Crippen LogP contribution in [0.1, 0.15) is 0 Å². The number of fused-ring (bicyclic) bond motifs is 1. The number of nitro groups is 1. The summed E-state index contributed by atoms with van der Waals surface area (Å²) in [6, 6.07) is 11.7. The van der Waals surface area contributed by atoms with E-state index in [1.807, 2.05) is 24.4 Å². The number of rotatable bonds is 3. The number of nitro benzene ring substituents is 1. The van der Waals surface area contributed by atoms with E-state index in [2.05, 4.69) is 15.5 Å². The Morgan fingerprint density at radius 3 is 2.63 bits per heavy atom. The van der Waals surface area contributed by atoms with Crippen molar-refractivity contribution < 1.29 is 4.92 Å². The lowest BCUT2D eigenvalue weighted by Gasteiger charge is -2.03. The van der Waals surface area contributed by atoms with Crippen LogP contribution in [0.15, 0.2) is 48.7 Å². The van der Waals surface area contributed by atoms with Gasteiger partial charge < -0.3 is 5.32 Å². The number of aromatic nitrogens is 3. The van der Waals surface area contributed by atoms with Crippen LogP contribution in [0, 0.1) is 10.1 Å². The van der Waals surface area contributed by atoms with Crippen LogP contribution in [0.5, 0.6) is 0 Å². The molecule has 0 bridgehead atoms. The van der Waals surface area contributed by atoms with Crippen molar-refractivity contribution >= 4 is 23.0 Å². The predicted octanol–water partition coefficient (Wildman–Crippen LogP) is 2.38.